The molecule has 102 valence electrons. The van der Waals surface area contributed by atoms with Crippen LogP contribution in [0.2, 0.25) is 0 Å². The van der Waals surface area contributed by atoms with Gasteiger partial charge in [-0.1, -0.05) is 6.92 Å². The summed E-state index contributed by atoms with van der Waals surface area (Å²) in [6.45, 7) is 9.07. The summed E-state index contributed by atoms with van der Waals surface area (Å²) in [5.41, 5.74) is -0.0469. The number of nitrogens with zero attached hydrogens (tertiary/aromatic N) is 2. The summed E-state index contributed by atoms with van der Waals surface area (Å²) in [6, 6.07) is 0. The van der Waals surface area contributed by atoms with Crippen molar-refractivity contribution in [1.29, 1.82) is 0 Å². The van der Waals surface area contributed by atoms with E-state index in [-0.39, 0.29) is 5.66 Å². The Morgan fingerprint density at radius 1 is 1.39 bits per heavy atom. The second kappa shape index (κ2) is 6.48. The first kappa shape index (κ1) is 13.8. The second-order valence-electron chi connectivity index (χ2n) is 5.66. The zero-order valence-corrected chi connectivity index (χ0v) is 11.9. The molecule has 1 N–H and O–H groups in total. The molecule has 1 saturated heterocycles. The Labute approximate surface area is 111 Å². The predicted molar refractivity (Wildman–Crippen MR) is 78.1 cm³/mol. The zero-order chi connectivity index (χ0) is 12.8. The topological polar surface area (TPSA) is 27.6 Å². The molecule has 0 saturated carbocycles. The van der Waals surface area contributed by atoms with Gasteiger partial charge in [0.25, 0.3) is 0 Å². The molecule has 18 heavy (non-hydrogen) atoms. The van der Waals surface area contributed by atoms with Gasteiger partial charge in [-0.05, 0) is 63.8 Å². The average molecular weight is 249 g/mol. The van der Waals surface area contributed by atoms with Gasteiger partial charge >= 0.3 is 0 Å². The molecule has 2 aliphatic rings. The highest BCUT2D eigenvalue weighted by atomic mass is 15.3. The highest BCUT2D eigenvalue weighted by molar-refractivity contribution is 5.75. The molecule has 1 fully saturated rings. The summed E-state index contributed by atoms with van der Waals surface area (Å²) in [4.78, 5) is 7.10. The van der Waals surface area contributed by atoms with Crippen LogP contribution in [-0.2, 0) is 0 Å². The van der Waals surface area contributed by atoms with Gasteiger partial charge in [0.1, 0.15) is 5.66 Å². The van der Waals surface area contributed by atoms with E-state index in [2.05, 4.69) is 41.2 Å². The zero-order valence-electron chi connectivity index (χ0n) is 11.9. The Bertz CT molecular complexity index is 289. The van der Waals surface area contributed by atoms with Crippen LogP contribution in [0.1, 0.15) is 39.5 Å². The van der Waals surface area contributed by atoms with Crippen molar-refractivity contribution >= 4 is 6.21 Å². The van der Waals surface area contributed by atoms with Crippen LogP contribution >= 0.6 is 0 Å². The van der Waals surface area contributed by atoms with Gasteiger partial charge in [-0.25, -0.2) is 0 Å². The molecule has 2 rings (SSSR count). The maximum absolute atomic E-state index is 4.58. The van der Waals surface area contributed by atoms with Gasteiger partial charge in [-0.3, -0.25) is 9.89 Å². The van der Waals surface area contributed by atoms with Gasteiger partial charge < -0.3 is 5.32 Å². The number of hydrogen-bond donors (Lipinski definition) is 1. The van der Waals surface area contributed by atoms with Gasteiger partial charge in [0.15, 0.2) is 0 Å². The van der Waals surface area contributed by atoms with E-state index in [4.69, 9.17) is 0 Å². The number of rotatable bonds is 6. The Balaban J connectivity index is 1.68. The van der Waals surface area contributed by atoms with Crippen LogP contribution in [0, 0.1) is 5.92 Å². The summed E-state index contributed by atoms with van der Waals surface area (Å²) in [5, 5.41) is 3.41. The Morgan fingerprint density at radius 2 is 2.17 bits per heavy atom. The Hall–Kier alpha value is -0.670. The molecule has 3 nitrogen and oxygen atoms in total. The van der Waals surface area contributed by atoms with Crippen molar-refractivity contribution in [1.82, 2.24) is 10.2 Å². The maximum atomic E-state index is 4.58. The lowest BCUT2D eigenvalue weighted by Gasteiger charge is -2.40. The van der Waals surface area contributed by atoms with Crippen LogP contribution in [0.4, 0.5) is 0 Å². The molecule has 0 amide bonds. The average Bonchev–Trinajstić information content (AvgIpc) is 2.84. The lowest BCUT2D eigenvalue weighted by atomic mass is 9.91. The molecule has 2 aliphatic heterocycles. The number of aliphatic imine (C=N–C) groups is 1. The minimum Gasteiger partial charge on any atom is -0.317 e. The smallest absolute Gasteiger partial charge is 0.129 e. The van der Waals surface area contributed by atoms with E-state index in [1.807, 2.05) is 6.21 Å². The van der Waals surface area contributed by atoms with Gasteiger partial charge in [-0.15, -0.1) is 0 Å². The van der Waals surface area contributed by atoms with Crippen molar-refractivity contribution in [3.63, 3.8) is 0 Å². The first-order valence-corrected chi connectivity index (χ1v) is 7.43. The molecular formula is C15H27N3. The molecule has 0 spiro atoms. The number of likely N-dealkylation sites (tertiary alicyclic amines) is 1. The maximum Gasteiger partial charge on any atom is 0.129 e. The summed E-state index contributed by atoms with van der Waals surface area (Å²) in [6.07, 6.45) is 11.6. The normalized spacial score (nSPS) is 29.2. The van der Waals surface area contributed by atoms with Crippen LogP contribution in [-0.4, -0.2) is 43.0 Å². The van der Waals surface area contributed by atoms with Crippen molar-refractivity contribution in [2.75, 3.05) is 26.2 Å². The summed E-state index contributed by atoms with van der Waals surface area (Å²) in [5.74, 6) is 0.929. The van der Waals surface area contributed by atoms with Crippen LogP contribution in [0.3, 0.4) is 0 Å². The standard InChI is InChI=1S/C15H27N3/c1-3-16-10-4-6-14-7-12-18(13-8-14)15(2)9-5-11-17-15/h5,9,11,14,16H,3-4,6-8,10,12-13H2,1-2H3. The van der Waals surface area contributed by atoms with Crippen molar-refractivity contribution in [3.05, 3.63) is 12.2 Å². The van der Waals surface area contributed by atoms with E-state index in [0.29, 0.717) is 0 Å². The summed E-state index contributed by atoms with van der Waals surface area (Å²) in [7, 11) is 0. The molecular weight excluding hydrogens is 222 g/mol. The van der Waals surface area contributed by atoms with Crippen LogP contribution < -0.4 is 5.32 Å². The van der Waals surface area contributed by atoms with E-state index in [0.717, 1.165) is 12.5 Å². The fourth-order valence-corrected chi connectivity index (χ4v) is 3.02. The largest absolute Gasteiger partial charge is 0.317 e. The third-order valence-electron chi connectivity index (χ3n) is 4.30. The van der Waals surface area contributed by atoms with E-state index in [1.165, 1.54) is 45.3 Å². The number of nitrogens with one attached hydrogen (secondary N) is 1. The van der Waals surface area contributed by atoms with Crippen molar-refractivity contribution in [2.45, 2.75) is 45.2 Å². The first-order valence-electron chi connectivity index (χ1n) is 7.43. The van der Waals surface area contributed by atoms with E-state index < -0.39 is 0 Å². The molecule has 0 aromatic rings. The van der Waals surface area contributed by atoms with Gasteiger partial charge in [-0.2, -0.15) is 0 Å². The van der Waals surface area contributed by atoms with Crippen molar-refractivity contribution < 1.29 is 0 Å². The van der Waals surface area contributed by atoms with E-state index in [1.54, 1.807) is 0 Å². The highest BCUT2D eigenvalue weighted by Crippen LogP contribution is 2.29. The van der Waals surface area contributed by atoms with Gasteiger partial charge in [0.05, 0.1) is 0 Å². The van der Waals surface area contributed by atoms with Crippen molar-refractivity contribution in [2.24, 2.45) is 10.9 Å². The molecule has 0 radical (unpaired) electrons. The van der Waals surface area contributed by atoms with E-state index in [9.17, 15) is 0 Å². The molecule has 2 heterocycles. The van der Waals surface area contributed by atoms with Crippen LogP contribution in [0.5, 0.6) is 0 Å². The van der Waals surface area contributed by atoms with Gasteiger partial charge in [0.2, 0.25) is 0 Å². The quantitative estimate of drug-likeness (QED) is 0.732. The monoisotopic (exact) mass is 249 g/mol. The van der Waals surface area contributed by atoms with E-state index >= 15 is 0 Å². The third kappa shape index (κ3) is 3.42. The van der Waals surface area contributed by atoms with Crippen LogP contribution in [0.25, 0.3) is 0 Å². The minimum absolute atomic E-state index is 0.0469. The van der Waals surface area contributed by atoms with Gasteiger partial charge in [0, 0.05) is 19.3 Å². The molecule has 3 heteroatoms. The lowest BCUT2D eigenvalue weighted by molar-refractivity contribution is 0.0988. The second-order valence-corrected chi connectivity index (χ2v) is 5.66. The Kier molecular flexibility index (Phi) is 4.95. The SMILES string of the molecule is CCNCCCC1CCN(C2(C)C=CC=N2)CC1. The third-order valence-corrected chi connectivity index (χ3v) is 4.30. The minimum atomic E-state index is -0.0469. The van der Waals surface area contributed by atoms with Crippen LogP contribution in [0.15, 0.2) is 17.1 Å². The number of piperidine rings is 1. The fourth-order valence-electron chi connectivity index (χ4n) is 3.02. The molecule has 0 aromatic carbocycles. The summed E-state index contributed by atoms with van der Waals surface area (Å²) < 4.78 is 0. The lowest BCUT2D eigenvalue weighted by Crippen LogP contribution is -2.47. The molecule has 0 bridgehead atoms. The number of allylic oxidation sites excluding steroid dienone is 1. The molecule has 1 atom stereocenters. The fraction of sp³-hybridized carbons (Fsp3) is 0.800. The van der Waals surface area contributed by atoms with Crippen molar-refractivity contribution in [3.8, 4) is 0 Å². The molecule has 0 aromatic heterocycles. The highest BCUT2D eigenvalue weighted by Gasteiger charge is 2.32. The first-order chi connectivity index (χ1) is 8.74. The number of hydrogen-bond acceptors (Lipinski definition) is 3. The summed E-state index contributed by atoms with van der Waals surface area (Å²) >= 11 is 0. The molecule has 0 aliphatic carbocycles. The predicted octanol–water partition coefficient (Wildman–Crippen LogP) is 2.44. The molecule has 1 unspecified atom stereocenters. The Morgan fingerprint density at radius 3 is 2.78 bits per heavy atom.